The molecule has 24 heavy (non-hydrogen) atoms. The lowest BCUT2D eigenvalue weighted by atomic mass is 9.83. The number of carbonyl (C=O) groups excluding carboxylic acids is 1. The van der Waals surface area contributed by atoms with E-state index in [0.29, 0.717) is 23.4 Å². The molecule has 0 aliphatic carbocycles. The molecule has 0 radical (unpaired) electrons. The zero-order valence-electron chi connectivity index (χ0n) is 15.2. The molecule has 0 aliphatic rings. The number of carboxylic acid groups (broad SMARTS) is 1. The molecule has 1 aromatic carbocycles. The molecule has 0 saturated carbocycles. The molecule has 0 amide bonds. The van der Waals surface area contributed by atoms with Gasteiger partial charge in [0.05, 0.1) is 17.7 Å². The monoisotopic (exact) mass is 354 g/mol. The van der Waals surface area contributed by atoms with Crippen LogP contribution in [0.2, 0.25) is 5.02 Å². The van der Waals surface area contributed by atoms with Crippen molar-refractivity contribution >= 4 is 23.5 Å². The molecule has 0 saturated heterocycles. The standard InChI is InChI=1S/C19H27ClO4/c1-6-8-9-24-18(23)13-10-12(7-2)16(20)14(11-19(3,4)5)15(13)17(21)22/h10H,6-9,11H2,1-5H3,(H,21,22). The van der Waals surface area contributed by atoms with Gasteiger partial charge in [0.2, 0.25) is 0 Å². The van der Waals surface area contributed by atoms with Crippen molar-refractivity contribution in [3.63, 3.8) is 0 Å². The zero-order chi connectivity index (χ0) is 18.5. The van der Waals surface area contributed by atoms with Gasteiger partial charge in [-0.2, -0.15) is 0 Å². The summed E-state index contributed by atoms with van der Waals surface area (Å²) in [5.41, 5.74) is 1.18. The third-order valence-corrected chi connectivity index (χ3v) is 4.16. The minimum absolute atomic E-state index is 0.0337. The highest BCUT2D eigenvalue weighted by molar-refractivity contribution is 6.33. The summed E-state index contributed by atoms with van der Waals surface area (Å²) in [7, 11) is 0. The van der Waals surface area contributed by atoms with Crippen LogP contribution in [-0.2, 0) is 17.6 Å². The predicted molar refractivity (Wildman–Crippen MR) is 96.1 cm³/mol. The van der Waals surface area contributed by atoms with Gasteiger partial charge in [0, 0.05) is 5.02 Å². The molecular weight excluding hydrogens is 328 g/mol. The number of aromatic carboxylic acids is 1. The summed E-state index contributed by atoms with van der Waals surface area (Å²) in [5, 5.41) is 10.1. The molecule has 0 spiro atoms. The maximum Gasteiger partial charge on any atom is 0.339 e. The van der Waals surface area contributed by atoms with Gasteiger partial charge in [0.25, 0.3) is 0 Å². The van der Waals surface area contributed by atoms with Crippen molar-refractivity contribution in [2.24, 2.45) is 5.41 Å². The Balaban J connectivity index is 3.48. The highest BCUT2D eigenvalue weighted by Crippen LogP contribution is 2.34. The number of hydrogen-bond donors (Lipinski definition) is 1. The molecule has 1 rings (SSSR count). The van der Waals surface area contributed by atoms with E-state index in [1.165, 1.54) is 0 Å². The van der Waals surface area contributed by atoms with Gasteiger partial charge in [-0.3, -0.25) is 0 Å². The Morgan fingerprint density at radius 2 is 1.88 bits per heavy atom. The lowest BCUT2D eigenvalue weighted by molar-refractivity contribution is 0.0488. The van der Waals surface area contributed by atoms with E-state index in [2.05, 4.69) is 0 Å². The summed E-state index contributed by atoms with van der Waals surface area (Å²) in [5.74, 6) is -1.75. The number of unbranched alkanes of at least 4 members (excludes halogenated alkanes) is 1. The van der Waals surface area contributed by atoms with E-state index >= 15 is 0 Å². The van der Waals surface area contributed by atoms with Crippen LogP contribution >= 0.6 is 11.6 Å². The SMILES string of the molecule is CCCCOC(=O)c1cc(CC)c(Cl)c(CC(C)(C)C)c1C(=O)O. The maximum absolute atomic E-state index is 12.4. The van der Waals surface area contributed by atoms with Gasteiger partial charge >= 0.3 is 11.9 Å². The second kappa shape index (κ2) is 8.52. The Morgan fingerprint density at radius 3 is 2.33 bits per heavy atom. The smallest absolute Gasteiger partial charge is 0.339 e. The number of carboxylic acids is 1. The summed E-state index contributed by atoms with van der Waals surface area (Å²) < 4.78 is 5.24. The van der Waals surface area contributed by atoms with Crippen LogP contribution < -0.4 is 0 Å². The number of esters is 1. The van der Waals surface area contributed by atoms with Crippen molar-refractivity contribution < 1.29 is 19.4 Å². The van der Waals surface area contributed by atoms with E-state index < -0.39 is 11.9 Å². The van der Waals surface area contributed by atoms with Gasteiger partial charge in [0.1, 0.15) is 0 Å². The van der Waals surface area contributed by atoms with Crippen LogP contribution in [0.1, 0.15) is 79.3 Å². The van der Waals surface area contributed by atoms with Crippen molar-refractivity contribution in [2.45, 2.75) is 60.3 Å². The van der Waals surface area contributed by atoms with Crippen LogP contribution in [0.5, 0.6) is 0 Å². The molecule has 134 valence electrons. The molecule has 1 N–H and O–H groups in total. The Labute approximate surface area is 149 Å². The van der Waals surface area contributed by atoms with Gasteiger partial charge in [-0.15, -0.1) is 0 Å². The number of carbonyl (C=O) groups is 2. The van der Waals surface area contributed by atoms with E-state index in [4.69, 9.17) is 16.3 Å². The summed E-state index contributed by atoms with van der Waals surface area (Å²) in [4.78, 5) is 24.3. The lowest BCUT2D eigenvalue weighted by Crippen LogP contribution is -2.19. The Hall–Kier alpha value is -1.55. The van der Waals surface area contributed by atoms with E-state index in [0.717, 1.165) is 18.4 Å². The van der Waals surface area contributed by atoms with Crippen molar-refractivity contribution in [3.8, 4) is 0 Å². The fraction of sp³-hybridized carbons (Fsp3) is 0.579. The van der Waals surface area contributed by atoms with E-state index in [-0.39, 0.29) is 23.1 Å². The first-order valence-electron chi connectivity index (χ1n) is 8.37. The highest BCUT2D eigenvalue weighted by atomic mass is 35.5. The average Bonchev–Trinajstić information content (AvgIpc) is 2.47. The normalized spacial score (nSPS) is 11.4. The molecule has 4 nitrogen and oxygen atoms in total. The summed E-state index contributed by atoms with van der Waals surface area (Å²) in [6, 6.07) is 1.56. The Kier molecular flexibility index (Phi) is 7.27. The van der Waals surface area contributed by atoms with E-state index in [1.54, 1.807) is 6.07 Å². The molecule has 0 aliphatic heterocycles. The van der Waals surface area contributed by atoms with Gasteiger partial charge in [-0.1, -0.05) is 52.6 Å². The molecule has 0 atom stereocenters. The number of hydrogen-bond acceptors (Lipinski definition) is 3. The van der Waals surface area contributed by atoms with Gasteiger partial charge in [0.15, 0.2) is 0 Å². The zero-order valence-corrected chi connectivity index (χ0v) is 15.9. The van der Waals surface area contributed by atoms with Crippen molar-refractivity contribution in [1.29, 1.82) is 0 Å². The summed E-state index contributed by atoms with van der Waals surface area (Å²) in [6.07, 6.45) is 2.73. The minimum atomic E-state index is -1.15. The molecular formula is C19H27ClO4. The first kappa shape index (κ1) is 20.5. The number of halogens is 1. The second-order valence-electron chi connectivity index (χ2n) is 7.14. The van der Waals surface area contributed by atoms with Crippen LogP contribution in [0.25, 0.3) is 0 Å². The number of ether oxygens (including phenoxy) is 1. The van der Waals surface area contributed by atoms with Crippen LogP contribution in [0.3, 0.4) is 0 Å². The van der Waals surface area contributed by atoms with Crippen LogP contribution in [0.15, 0.2) is 6.07 Å². The Morgan fingerprint density at radius 1 is 1.25 bits per heavy atom. The predicted octanol–water partition coefficient (Wildman–Crippen LogP) is 5.15. The fourth-order valence-corrected chi connectivity index (χ4v) is 2.87. The summed E-state index contributed by atoms with van der Waals surface area (Å²) in [6.45, 7) is 10.2. The quantitative estimate of drug-likeness (QED) is 0.543. The number of rotatable bonds is 7. The average molecular weight is 355 g/mol. The van der Waals surface area contributed by atoms with Crippen molar-refractivity contribution in [3.05, 3.63) is 33.3 Å². The van der Waals surface area contributed by atoms with Gasteiger partial charge < -0.3 is 9.84 Å². The van der Waals surface area contributed by atoms with Crippen LogP contribution in [0, 0.1) is 5.41 Å². The molecule has 0 bridgehead atoms. The van der Waals surface area contributed by atoms with Crippen molar-refractivity contribution in [1.82, 2.24) is 0 Å². The third kappa shape index (κ3) is 5.23. The van der Waals surface area contributed by atoms with Gasteiger partial charge in [-0.05, 0) is 41.9 Å². The third-order valence-electron chi connectivity index (χ3n) is 3.69. The lowest BCUT2D eigenvalue weighted by Gasteiger charge is -2.23. The maximum atomic E-state index is 12.4. The van der Waals surface area contributed by atoms with Crippen LogP contribution in [-0.4, -0.2) is 23.7 Å². The second-order valence-corrected chi connectivity index (χ2v) is 7.51. The molecule has 0 unspecified atom stereocenters. The number of benzene rings is 1. The topological polar surface area (TPSA) is 63.6 Å². The number of aryl methyl sites for hydroxylation is 1. The van der Waals surface area contributed by atoms with Crippen LogP contribution in [0.4, 0.5) is 0 Å². The molecule has 0 fully saturated rings. The first-order chi connectivity index (χ1) is 11.1. The van der Waals surface area contributed by atoms with Crippen molar-refractivity contribution in [2.75, 3.05) is 6.61 Å². The molecule has 1 aromatic rings. The van der Waals surface area contributed by atoms with Gasteiger partial charge in [-0.25, -0.2) is 9.59 Å². The minimum Gasteiger partial charge on any atom is -0.478 e. The highest BCUT2D eigenvalue weighted by Gasteiger charge is 2.28. The van der Waals surface area contributed by atoms with E-state index in [1.807, 2.05) is 34.6 Å². The fourth-order valence-electron chi connectivity index (χ4n) is 2.52. The molecule has 0 aromatic heterocycles. The molecule has 0 heterocycles. The van der Waals surface area contributed by atoms with E-state index in [9.17, 15) is 14.7 Å². The Bertz CT molecular complexity index is 615. The first-order valence-corrected chi connectivity index (χ1v) is 8.74. The summed E-state index contributed by atoms with van der Waals surface area (Å²) >= 11 is 6.45. The molecule has 5 heteroatoms. The largest absolute Gasteiger partial charge is 0.478 e.